The van der Waals surface area contributed by atoms with E-state index in [4.69, 9.17) is 23.2 Å². The molecule has 7 heteroatoms. The van der Waals surface area contributed by atoms with Crippen LogP contribution >= 0.6 is 23.2 Å². The van der Waals surface area contributed by atoms with Crippen LogP contribution in [0.2, 0.25) is 10.0 Å². The number of hydrogen-bond donors (Lipinski definition) is 0. The molecule has 0 bridgehead atoms. The molecule has 3 aromatic carbocycles. The number of hydrogen-bond acceptors (Lipinski definition) is 2. The van der Waals surface area contributed by atoms with E-state index in [0.717, 1.165) is 23.6 Å². The monoisotopic (exact) mass is 514 g/mol. The Bertz CT molecular complexity index is 1160. The van der Waals surface area contributed by atoms with Gasteiger partial charge in [-0.25, -0.2) is 8.78 Å². The number of carbonyl (C=O) groups excluding carboxylic acids is 1. The van der Waals surface area contributed by atoms with Crippen LogP contribution in [0.5, 0.6) is 0 Å². The maximum absolute atomic E-state index is 14.3. The number of carbonyl (C=O) groups is 1. The van der Waals surface area contributed by atoms with Gasteiger partial charge < -0.3 is 4.90 Å². The van der Waals surface area contributed by atoms with Gasteiger partial charge in [0.05, 0.1) is 11.6 Å². The van der Waals surface area contributed by atoms with E-state index < -0.39 is 17.2 Å². The summed E-state index contributed by atoms with van der Waals surface area (Å²) in [5, 5.41) is 1.33. The summed E-state index contributed by atoms with van der Waals surface area (Å²) in [5.41, 5.74) is 2.00. The molecule has 3 aromatic rings. The van der Waals surface area contributed by atoms with Crippen molar-refractivity contribution in [3.8, 4) is 0 Å². The van der Waals surface area contributed by atoms with Crippen molar-refractivity contribution >= 4 is 29.1 Å². The van der Waals surface area contributed by atoms with E-state index in [1.807, 2.05) is 53.4 Å². The molecule has 0 spiro atoms. The number of halogens is 4. The maximum atomic E-state index is 14.3. The van der Waals surface area contributed by atoms with Crippen molar-refractivity contribution < 1.29 is 13.6 Å². The van der Waals surface area contributed by atoms with Crippen LogP contribution in [0.4, 0.5) is 8.78 Å². The fourth-order valence-electron chi connectivity index (χ4n) is 5.97. The van der Waals surface area contributed by atoms with Crippen LogP contribution in [-0.2, 0) is 10.3 Å². The molecule has 35 heavy (non-hydrogen) atoms. The van der Waals surface area contributed by atoms with Gasteiger partial charge in [-0.1, -0.05) is 47.5 Å². The first kappa shape index (κ1) is 24.2. The van der Waals surface area contributed by atoms with E-state index in [-0.39, 0.29) is 17.9 Å². The van der Waals surface area contributed by atoms with Crippen molar-refractivity contribution in [2.24, 2.45) is 5.92 Å². The average molecular weight is 515 g/mol. The first-order valence-electron chi connectivity index (χ1n) is 11.8. The maximum Gasteiger partial charge on any atom is 0.220 e. The summed E-state index contributed by atoms with van der Waals surface area (Å²) < 4.78 is 28.6. The Morgan fingerprint density at radius 2 is 1.43 bits per heavy atom. The summed E-state index contributed by atoms with van der Waals surface area (Å²) in [4.78, 5) is 16.8. The Hall–Kier alpha value is -2.47. The lowest BCUT2D eigenvalue weighted by Gasteiger charge is -2.55. The van der Waals surface area contributed by atoms with E-state index in [1.54, 1.807) is 0 Å². The van der Waals surface area contributed by atoms with Crippen LogP contribution in [0.25, 0.3) is 0 Å². The van der Waals surface area contributed by atoms with Gasteiger partial charge in [0.1, 0.15) is 11.6 Å². The van der Waals surface area contributed by atoms with Gasteiger partial charge in [-0.05, 0) is 65.9 Å². The Labute approximate surface area is 214 Å². The molecule has 2 saturated heterocycles. The fraction of sp³-hybridized carbons (Fsp3) is 0.321. The average Bonchev–Trinajstić information content (AvgIpc) is 3.23. The van der Waals surface area contributed by atoms with E-state index in [2.05, 4.69) is 4.90 Å². The Balaban J connectivity index is 1.51. The molecule has 3 nitrogen and oxygen atoms in total. The third-order valence-electron chi connectivity index (χ3n) is 7.49. The van der Waals surface area contributed by atoms with Crippen LogP contribution in [-0.4, -0.2) is 35.3 Å². The summed E-state index contributed by atoms with van der Waals surface area (Å²) in [5.74, 6) is -1.27. The van der Waals surface area contributed by atoms with E-state index >= 15 is 0 Å². The van der Waals surface area contributed by atoms with Crippen LogP contribution in [0.15, 0.2) is 66.7 Å². The van der Waals surface area contributed by atoms with Crippen molar-refractivity contribution in [1.82, 2.24) is 9.80 Å². The summed E-state index contributed by atoms with van der Waals surface area (Å²) in [6.45, 7) is 3.48. The Morgan fingerprint density at radius 1 is 0.914 bits per heavy atom. The first-order chi connectivity index (χ1) is 16.8. The van der Waals surface area contributed by atoms with Gasteiger partial charge in [0.25, 0.3) is 0 Å². The highest BCUT2D eigenvalue weighted by molar-refractivity contribution is 6.30. The zero-order valence-electron chi connectivity index (χ0n) is 19.4. The first-order valence-corrected chi connectivity index (χ1v) is 12.5. The van der Waals surface area contributed by atoms with Gasteiger partial charge in [0.15, 0.2) is 0 Å². The number of amides is 1. The van der Waals surface area contributed by atoms with Crippen molar-refractivity contribution in [2.45, 2.75) is 31.3 Å². The predicted octanol–water partition coefficient (Wildman–Crippen LogP) is 6.83. The zero-order valence-corrected chi connectivity index (χ0v) is 20.9. The molecule has 0 aromatic heterocycles. The highest BCUT2D eigenvalue weighted by atomic mass is 35.5. The summed E-state index contributed by atoms with van der Waals surface area (Å²) >= 11 is 12.3. The minimum Gasteiger partial charge on any atom is -0.333 e. The number of likely N-dealkylation sites (tertiary alicyclic amines) is 2. The lowest BCUT2D eigenvalue weighted by atomic mass is 9.71. The second-order valence-electron chi connectivity index (χ2n) is 9.51. The van der Waals surface area contributed by atoms with Gasteiger partial charge in [0, 0.05) is 48.6 Å². The van der Waals surface area contributed by atoms with Crippen molar-refractivity contribution in [3.63, 3.8) is 0 Å². The molecular weight excluding hydrogens is 489 g/mol. The van der Waals surface area contributed by atoms with Gasteiger partial charge in [-0.2, -0.15) is 0 Å². The molecule has 1 atom stereocenters. The molecule has 0 saturated carbocycles. The van der Waals surface area contributed by atoms with Crippen LogP contribution < -0.4 is 0 Å². The van der Waals surface area contributed by atoms with Crippen LogP contribution in [0, 0.1) is 17.6 Å². The summed E-state index contributed by atoms with van der Waals surface area (Å²) in [6, 6.07) is 19.2. The number of nitrogens with zero attached hydrogens (tertiary/aromatic N) is 2. The lowest BCUT2D eigenvalue weighted by Crippen LogP contribution is -2.62. The summed E-state index contributed by atoms with van der Waals surface area (Å²) in [6.07, 6.45) is 1.48. The molecule has 5 rings (SSSR count). The van der Waals surface area contributed by atoms with Crippen molar-refractivity contribution in [2.75, 3.05) is 19.6 Å². The molecule has 0 N–H and O–H groups in total. The third kappa shape index (κ3) is 4.46. The molecular formula is C28H26Cl2F2N2O. The van der Waals surface area contributed by atoms with E-state index in [9.17, 15) is 13.6 Å². The Morgan fingerprint density at radius 3 is 1.91 bits per heavy atom. The highest BCUT2D eigenvalue weighted by Crippen LogP contribution is 2.50. The standard InChI is InChI=1S/C28H26Cl2F2N2O/c1-18(35)34-12-2-11-28(34,21-13-25(31)15-26(32)14-21)22-16-33(17-22)27(19-3-7-23(29)8-4-19)20-5-9-24(30)10-6-20/h3-10,13-15,22,27H,2,11-12,16-17H2,1H3/t28-/m1/s1. The fourth-order valence-corrected chi connectivity index (χ4v) is 6.23. The van der Waals surface area contributed by atoms with Gasteiger partial charge in [-0.3, -0.25) is 9.69 Å². The van der Waals surface area contributed by atoms with Crippen molar-refractivity contribution in [3.05, 3.63) is 105 Å². The molecule has 182 valence electrons. The number of benzene rings is 3. The van der Waals surface area contributed by atoms with Gasteiger partial charge in [-0.15, -0.1) is 0 Å². The minimum absolute atomic E-state index is 0.0331. The van der Waals surface area contributed by atoms with Crippen molar-refractivity contribution in [1.29, 1.82) is 0 Å². The van der Waals surface area contributed by atoms with Crippen LogP contribution in [0.1, 0.15) is 42.5 Å². The highest BCUT2D eigenvalue weighted by Gasteiger charge is 2.54. The predicted molar refractivity (Wildman–Crippen MR) is 134 cm³/mol. The van der Waals surface area contributed by atoms with E-state index in [1.165, 1.54) is 19.1 Å². The lowest BCUT2D eigenvalue weighted by molar-refractivity contribution is -0.139. The quantitative estimate of drug-likeness (QED) is 0.372. The van der Waals surface area contributed by atoms with E-state index in [0.29, 0.717) is 41.7 Å². The smallest absolute Gasteiger partial charge is 0.220 e. The molecule has 2 aliphatic heterocycles. The molecule has 2 heterocycles. The molecule has 2 fully saturated rings. The molecule has 0 aliphatic carbocycles. The molecule has 0 unspecified atom stereocenters. The molecule has 1 amide bonds. The molecule has 0 radical (unpaired) electrons. The Kier molecular flexibility index (Phi) is 6.60. The zero-order chi connectivity index (χ0) is 24.7. The SMILES string of the molecule is CC(=O)N1CCC[C@@]1(c1cc(F)cc(F)c1)C1CN(C(c2ccc(Cl)cc2)c2ccc(Cl)cc2)C1. The topological polar surface area (TPSA) is 23.6 Å². The van der Waals surface area contributed by atoms with Crippen LogP contribution in [0.3, 0.4) is 0 Å². The largest absolute Gasteiger partial charge is 0.333 e. The normalized spacial score (nSPS) is 20.9. The second-order valence-corrected chi connectivity index (χ2v) is 10.4. The number of rotatable bonds is 5. The third-order valence-corrected chi connectivity index (χ3v) is 7.99. The second kappa shape index (κ2) is 9.53. The minimum atomic E-state index is -0.726. The van der Waals surface area contributed by atoms with Gasteiger partial charge >= 0.3 is 0 Å². The van der Waals surface area contributed by atoms with Gasteiger partial charge in [0.2, 0.25) is 5.91 Å². The molecule has 2 aliphatic rings. The summed E-state index contributed by atoms with van der Waals surface area (Å²) in [7, 11) is 0.